The van der Waals surface area contributed by atoms with E-state index < -0.39 is 6.10 Å². The Bertz CT molecular complexity index is 1030. The van der Waals surface area contributed by atoms with Crippen molar-refractivity contribution in [3.8, 4) is 0 Å². The van der Waals surface area contributed by atoms with Crippen molar-refractivity contribution >= 4 is 17.9 Å². The van der Waals surface area contributed by atoms with Crippen LogP contribution < -0.4 is 0 Å². The first-order chi connectivity index (χ1) is 34.0. The summed E-state index contributed by atoms with van der Waals surface area (Å²) in [6.45, 7) is 6.71. The molecule has 1 unspecified atom stereocenters. The zero-order valence-corrected chi connectivity index (χ0v) is 47.1. The SMILES string of the molecule is CCCCCCCCCCCCCCCCCCCCCCCCCC(=O)OCC(COC(=O)CCCCCCCCCCCC)OC(=O)CCCCCCCCCCCCCCCCCCCC. The van der Waals surface area contributed by atoms with Gasteiger partial charge >= 0.3 is 17.9 Å². The molecule has 0 aromatic heterocycles. The van der Waals surface area contributed by atoms with Gasteiger partial charge in [-0.15, -0.1) is 0 Å². The standard InChI is InChI=1S/C63H122O6/c1-4-7-10-13-16-19-22-24-26-28-30-31-32-33-34-36-37-39-41-44-47-50-53-56-62(65)68-59-60(58-67-61(64)55-52-49-46-43-21-18-15-12-9-6-3)69-63(66)57-54-51-48-45-42-40-38-35-29-27-25-23-20-17-14-11-8-5-2/h60H,4-59H2,1-3H3. The molecule has 0 saturated carbocycles. The van der Waals surface area contributed by atoms with Crippen molar-refractivity contribution < 1.29 is 28.6 Å². The van der Waals surface area contributed by atoms with Crippen molar-refractivity contribution in [2.24, 2.45) is 0 Å². The lowest BCUT2D eigenvalue weighted by Gasteiger charge is -2.18. The maximum atomic E-state index is 12.9. The molecule has 0 radical (unpaired) electrons. The molecule has 0 rings (SSSR count). The van der Waals surface area contributed by atoms with E-state index >= 15 is 0 Å². The Morgan fingerprint density at radius 3 is 0.580 bits per heavy atom. The molecule has 0 aliphatic heterocycles. The summed E-state index contributed by atoms with van der Waals surface area (Å²) in [5.74, 6) is -0.830. The van der Waals surface area contributed by atoms with Gasteiger partial charge < -0.3 is 14.2 Å². The molecule has 69 heavy (non-hydrogen) atoms. The Balaban J connectivity index is 4.16. The van der Waals surface area contributed by atoms with Crippen LogP contribution >= 0.6 is 0 Å². The fourth-order valence-electron chi connectivity index (χ4n) is 9.86. The van der Waals surface area contributed by atoms with Crippen molar-refractivity contribution in [2.45, 2.75) is 374 Å². The number of rotatable bonds is 59. The first-order valence-electron chi connectivity index (χ1n) is 31.5. The second-order valence-corrected chi connectivity index (χ2v) is 21.7. The molecule has 6 nitrogen and oxygen atoms in total. The largest absolute Gasteiger partial charge is 0.462 e. The number of hydrogen-bond acceptors (Lipinski definition) is 6. The minimum Gasteiger partial charge on any atom is -0.462 e. The molecule has 0 bridgehead atoms. The number of ether oxygens (including phenoxy) is 3. The van der Waals surface area contributed by atoms with Crippen molar-refractivity contribution in [1.29, 1.82) is 0 Å². The van der Waals surface area contributed by atoms with E-state index in [2.05, 4.69) is 20.8 Å². The van der Waals surface area contributed by atoms with Gasteiger partial charge in [0.15, 0.2) is 6.10 Å². The van der Waals surface area contributed by atoms with Gasteiger partial charge in [-0.2, -0.15) is 0 Å². The van der Waals surface area contributed by atoms with Gasteiger partial charge in [-0.1, -0.05) is 329 Å². The van der Waals surface area contributed by atoms with Gasteiger partial charge in [-0.3, -0.25) is 14.4 Å². The summed E-state index contributed by atoms with van der Waals surface area (Å²) in [6, 6.07) is 0. The Morgan fingerprint density at radius 2 is 0.391 bits per heavy atom. The summed E-state index contributed by atoms with van der Waals surface area (Å²) in [4.78, 5) is 38.2. The molecule has 1 atom stereocenters. The van der Waals surface area contributed by atoms with E-state index in [-0.39, 0.29) is 31.1 Å². The lowest BCUT2D eigenvalue weighted by molar-refractivity contribution is -0.167. The average Bonchev–Trinajstić information content (AvgIpc) is 3.35. The molecule has 0 aliphatic carbocycles. The molecule has 0 amide bonds. The fourth-order valence-corrected chi connectivity index (χ4v) is 9.86. The maximum absolute atomic E-state index is 12.9. The molecule has 0 aromatic rings. The normalized spacial score (nSPS) is 11.9. The molecule has 0 fully saturated rings. The van der Waals surface area contributed by atoms with Crippen LogP contribution in [0.1, 0.15) is 367 Å². The number of hydrogen-bond donors (Lipinski definition) is 0. The molecule has 0 saturated heterocycles. The van der Waals surface area contributed by atoms with Crippen molar-refractivity contribution in [2.75, 3.05) is 13.2 Å². The highest BCUT2D eigenvalue weighted by Gasteiger charge is 2.19. The molecule has 0 aliphatic rings. The van der Waals surface area contributed by atoms with Crippen LogP contribution in [0.3, 0.4) is 0 Å². The van der Waals surface area contributed by atoms with Crippen LogP contribution in [0.5, 0.6) is 0 Å². The van der Waals surface area contributed by atoms with E-state index in [1.807, 2.05) is 0 Å². The first kappa shape index (κ1) is 67.4. The number of carbonyl (C=O) groups is 3. The minimum absolute atomic E-state index is 0.0609. The Kier molecular flexibility index (Phi) is 57.6. The smallest absolute Gasteiger partial charge is 0.306 e. The van der Waals surface area contributed by atoms with E-state index in [0.717, 1.165) is 57.8 Å². The van der Waals surface area contributed by atoms with E-state index in [1.54, 1.807) is 0 Å². The van der Waals surface area contributed by atoms with Gasteiger partial charge in [0.05, 0.1) is 0 Å². The number of carbonyl (C=O) groups excluding carboxylic acids is 3. The quantitative estimate of drug-likeness (QED) is 0.0343. The highest BCUT2D eigenvalue weighted by molar-refractivity contribution is 5.71. The predicted molar refractivity (Wildman–Crippen MR) is 298 cm³/mol. The Morgan fingerprint density at radius 1 is 0.232 bits per heavy atom. The van der Waals surface area contributed by atoms with Gasteiger partial charge in [-0.05, 0) is 19.3 Å². The summed E-state index contributed by atoms with van der Waals surface area (Å²) in [6.07, 6.45) is 66.9. The zero-order chi connectivity index (χ0) is 50.0. The van der Waals surface area contributed by atoms with Crippen LogP contribution in [-0.2, 0) is 28.6 Å². The zero-order valence-electron chi connectivity index (χ0n) is 47.1. The second-order valence-electron chi connectivity index (χ2n) is 21.7. The second kappa shape index (κ2) is 59.0. The molecule has 6 heteroatoms. The lowest BCUT2D eigenvalue weighted by atomic mass is 10.0. The molecule has 0 aromatic carbocycles. The molecule has 410 valence electrons. The van der Waals surface area contributed by atoms with Gasteiger partial charge in [0.25, 0.3) is 0 Å². The fraction of sp³-hybridized carbons (Fsp3) is 0.952. The summed E-state index contributed by atoms with van der Waals surface area (Å²) in [5.41, 5.74) is 0. The highest BCUT2D eigenvalue weighted by Crippen LogP contribution is 2.18. The Hall–Kier alpha value is -1.59. The third-order valence-electron chi connectivity index (χ3n) is 14.6. The molecule has 0 heterocycles. The first-order valence-corrected chi connectivity index (χ1v) is 31.5. The maximum Gasteiger partial charge on any atom is 0.306 e. The van der Waals surface area contributed by atoms with Crippen LogP contribution in [0.25, 0.3) is 0 Å². The molecular formula is C63H122O6. The van der Waals surface area contributed by atoms with Gasteiger partial charge in [0, 0.05) is 19.3 Å². The van der Waals surface area contributed by atoms with E-state index in [9.17, 15) is 14.4 Å². The van der Waals surface area contributed by atoms with Crippen LogP contribution in [-0.4, -0.2) is 37.2 Å². The monoisotopic (exact) mass is 975 g/mol. The van der Waals surface area contributed by atoms with E-state index in [4.69, 9.17) is 14.2 Å². The van der Waals surface area contributed by atoms with Gasteiger partial charge in [0.1, 0.15) is 13.2 Å². The highest BCUT2D eigenvalue weighted by atomic mass is 16.6. The topological polar surface area (TPSA) is 78.9 Å². The average molecular weight is 976 g/mol. The Labute approximate surface area is 431 Å². The van der Waals surface area contributed by atoms with E-state index in [1.165, 1.54) is 270 Å². The third kappa shape index (κ3) is 57.2. The molecule has 0 N–H and O–H groups in total. The summed E-state index contributed by atoms with van der Waals surface area (Å²) < 4.78 is 16.9. The lowest BCUT2D eigenvalue weighted by Crippen LogP contribution is -2.30. The van der Waals surface area contributed by atoms with Gasteiger partial charge in [0.2, 0.25) is 0 Å². The summed E-state index contributed by atoms with van der Waals surface area (Å²) in [5, 5.41) is 0. The summed E-state index contributed by atoms with van der Waals surface area (Å²) >= 11 is 0. The van der Waals surface area contributed by atoms with Gasteiger partial charge in [-0.25, -0.2) is 0 Å². The van der Waals surface area contributed by atoms with Crippen molar-refractivity contribution in [1.82, 2.24) is 0 Å². The molecular weight excluding hydrogens is 853 g/mol. The molecule has 0 spiro atoms. The van der Waals surface area contributed by atoms with Crippen LogP contribution in [0.15, 0.2) is 0 Å². The van der Waals surface area contributed by atoms with Crippen LogP contribution in [0.2, 0.25) is 0 Å². The number of esters is 3. The number of unbranched alkanes of at least 4 members (excludes halogenated alkanes) is 48. The van der Waals surface area contributed by atoms with E-state index in [0.29, 0.717) is 19.3 Å². The third-order valence-corrected chi connectivity index (χ3v) is 14.6. The predicted octanol–water partition coefficient (Wildman–Crippen LogP) is 21.1. The minimum atomic E-state index is -0.761. The van der Waals surface area contributed by atoms with Crippen molar-refractivity contribution in [3.63, 3.8) is 0 Å². The summed E-state index contributed by atoms with van der Waals surface area (Å²) in [7, 11) is 0. The van der Waals surface area contributed by atoms with Crippen LogP contribution in [0.4, 0.5) is 0 Å². The van der Waals surface area contributed by atoms with Crippen molar-refractivity contribution in [3.05, 3.63) is 0 Å². The van der Waals surface area contributed by atoms with Crippen LogP contribution in [0, 0.1) is 0 Å².